The average molecular weight is 415 g/mol. The summed E-state index contributed by atoms with van der Waals surface area (Å²) in [7, 11) is 4.14. The Hall–Kier alpha value is -3.16. The smallest absolute Gasteiger partial charge is 0.287 e. The Morgan fingerprint density at radius 3 is 2.52 bits per heavy atom. The molecule has 0 aliphatic rings. The van der Waals surface area contributed by atoms with Gasteiger partial charge >= 0.3 is 0 Å². The van der Waals surface area contributed by atoms with Gasteiger partial charge in [-0.3, -0.25) is 14.9 Å². The summed E-state index contributed by atoms with van der Waals surface area (Å²) in [5.41, 5.74) is 2.59. The highest BCUT2D eigenvalue weighted by Gasteiger charge is 2.16. The average Bonchev–Trinajstić information content (AvgIpc) is 3.16. The van der Waals surface area contributed by atoms with E-state index < -0.39 is 4.92 Å². The molecule has 0 radical (unpaired) electrons. The van der Waals surface area contributed by atoms with Gasteiger partial charge in [0, 0.05) is 29.8 Å². The Labute approximate surface area is 173 Å². The number of hydrogen-bond acceptors (Lipinski definition) is 4. The second-order valence-corrected chi connectivity index (χ2v) is 7.33. The van der Waals surface area contributed by atoms with Crippen molar-refractivity contribution in [2.45, 2.75) is 13.1 Å². The molecule has 0 saturated carbocycles. The third-order valence-electron chi connectivity index (χ3n) is 4.36. The number of nitro benzene ring substituents is 1. The quantitative estimate of drug-likeness (QED) is 0.459. The van der Waals surface area contributed by atoms with Gasteiger partial charge in [0.2, 0.25) is 0 Å². The SMILES string of the molecule is C[NH+](C)Cc1ccccc1CNC(=O)c1ccc(-c2ccc([N+](=O)[O-])cc2Cl)o1. The molecule has 0 fully saturated rings. The van der Waals surface area contributed by atoms with Gasteiger partial charge in [0.1, 0.15) is 12.3 Å². The summed E-state index contributed by atoms with van der Waals surface area (Å²) >= 11 is 6.13. The second-order valence-electron chi connectivity index (χ2n) is 6.92. The molecule has 0 aliphatic carbocycles. The lowest BCUT2D eigenvalue weighted by Gasteiger charge is -2.12. The molecule has 1 amide bonds. The van der Waals surface area contributed by atoms with Crippen LogP contribution in [0.2, 0.25) is 5.02 Å². The maximum absolute atomic E-state index is 12.5. The minimum absolute atomic E-state index is 0.110. The van der Waals surface area contributed by atoms with Crippen LogP contribution >= 0.6 is 11.6 Å². The fourth-order valence-electron chi connectivity index (χ4n) is 2.97. The summed E-state index contributed by atoms with van der Waals surface area (Å²) in [6, 6.07) is 15.2. The molecule has 2 N–H and O–H groups in total. The predicted octanol–water partition coefficient (Wildman–Crippen LogP) is 3.08. The largest absolute Gasteiger partial charge is 0.451 e. The number of hydrogen-bond donors (Lipinski definition) is 2. The van der Waals surface area contributed by atoms with E-state index in [9.17, 15) is 14.9 Å². The molecule has 150 valence electrons. The Bertz CT molecular complexity index is 1050. The first-order chi connectivity index (χ1) is 13.8. The zero-order valence-corrected chi connectivity index (χ0v) is 16.8. The van der Waals surface area contributed by atoms with Crippen molar-refractivity contribution < 1.29 is 19.0 Å². The van der Waals surface area contributed by atoms with Gasteiger partial charge in [-0.15, -0.1) is 0 Å². The van der Waals surface area contributed by atoms with Gasteiger partial charge in [-0.1, -0.05) is 35.9 Å². The highest BCUT2D eigenvalue weighted by atomic mass is 35.5. The molecule has 0 saturated heterocycles. The lowest BCUT2D eigenvalue weighted by molar-refractivity contribution is -0.872. The zero-order valence-electron chi connectivity index (χ0n) is 16.1. The number of rotatable bonds is 7. The lowest BCUT2D eigenvalue weighted by atomic mass is 10.1. The van der Waals surface area contributed by atoms with Gasteiger partial charge in [0.25, 0.3) is 11.6 Å². The fraction of sp³-hybridized carbons (Fsp3) is 0.190. The molecule has 0 unspecified atom stereocenters. The highest BCUT2D eigenvalue weighted by Crippen LogP contribution is 2.32. The van der Waals surface area contributed by atoms with E-state index in [-0.39, 0.29) is 22.4 Å². The van der Waals surface area contributed by atoms with Gasteiger partial charge in [-0.05, 0) is 23.8 Å². The first kappa shape index (κ1) is 20.6. The van der Waals surface area contributed by atoms with Gasteiger partial charge in [0.05, 0.1) is 24.0 Å². The van der Waals surface area contributed by atoms with Crippen LogP contribution in [-0.2, 0) is 13.1 Å². The number of carbonyl (C=O) groups is 1. The molecule has 0 spiro atoms. The standard InChI is InChI=1S/C21H20ClN3O4/c1-24(2)13-15-6-4-3-5-14(15)12-23-21(26)20-10-9-19(29-20)17-8-7-16(25(27)28)11-18(17)22/h3-11H,12-13H2,1-2H3,(H,23,26)/p+1. The van der Waals surface area contributed by atoms with Crippen LogP contribution in [0.3, 0.4) is 0 Å². The topological polar surface area (TPSA) is 89.8 Å². The van der Waals surface area contributed by atoms with Crippen LogP contribution in [0.4, 0.5) is 5.69 Å². The maximum atomic E-state index is 12.5. The number of nitro groups is 1. The van der Waals surface area contributed by atoms with Crippen molar-refractivity contribution in [3.8, 4) is 11.3 Å². The van der Waals surface area contributed by atoms with Crippen molar-refractivity contribution in [1.82, 2.24) is 5.32 Å². The molecular formula is C21H21ClN3O4+. The summed E-state index contributed by atoms with van der Waals surface area (Å²) < 4.78 is 5.63. The van der Waals surface area contributed by atoms with E-state index in [1.807, 2.05) is 18.2 Å². The lowest BCUT2D eigenvalue weighted by Crippen LogP contribution is -3.04. The van der Waals surface area contributed by atoms with Crippen LogP contribution in [0.1, 0.15) is 21.7 Å². The van der Waals surface area contributed by atoms with Gasteiger partial charge in [-0.2, -0.15) is 0 Å². The molecule has 3 aromatic rings. The van der Waals surface area contributed by atoms with Crippen molar-refractivity contribution in [3.05, 3.63) is 86.6 Å². The Morgan fingerprint density at radius 1 is 1.14 bits per heavy atom. The van der Waals surface area contributed by atoms with Crippen LogP contribution in [0.15, 0.2) is 59.0 Å². The van der Waals surface area contributed by atoms with Crippen molar-refractivity contribution in [2.24, 2.45) is 0 Å². The number of quaternary nitrogens is 1. The minimum atomic E-state index is -0.522. The van der Waals surface area contributed by atoms with Crippen molar-refractivity contribution in [2.75, 3.05) is 14.1 Å². The normalized spacial score (nSPS) is 10.9. The molecule has 1 heterocycles. The van der Waals surface area contributed by atoms with Crippen LogP contribution in [0.25, 0.3) is 11.3 Å². The van der Waals surface area contributed by atoms with Crippen LogP contribution in [0.5, 0.6) is 0 Å². The number of halogens is 1. The first-order valence-corrected chi connectivity index (χ1v) is 9.41. The first-order valence-electron chi connectivity index (χ1n) is 9.03. The van der Waals surface area contributed by atoms with E-state index in [1.54, 1.807) is 12.1 Å². The van der Waals surface area contributed by atoms with E-state index in [1.165, 1.54) is 28.7 Å². The molecule has 0 aliphatic heterocycles. The van der Waals surface area contributed by atoms with E-state index in [2.05, 4.69) is 25.5 Å². The zero-order chi connectivity index (χ0) is 21.0. The number of furan rings is 1. The number of benzene rings is 2. The van der Waals surface area contributed by atoms with Crippen LogP contribution in [0, 0.1) is 10.1 Å². The molecule has 3 rings (SSSR count). The molecule has 0 bridgehead atoms. The van der Waals surface area contributed by atoms with Crippen LogP contribution in [-0.4, -0.2) is 24.9 Å². The van der Waals surface area contributed by atoms with E-state index >= 15 is 0 Å². The monoisotopic (exact) mass is 414 g/mol. The Morgan fingerprint density at radius 2 is 1.86 bits per heavy atom. The van der Waals surface area contributed by atoms with E-state index in [4.69, 9.17) is 16.0 Å². The summed E-state index contributed by atoms with van der Waals surface area (Å²) in [4.78, 5) is 24.1. The summed E-state index contributed by atoms with van der Waals surface area (Å²) in [6.07, 6.45) is 0. The molecular weight excluding hydrogens is 394 g/mol. The molecule has 29 heavy (non-hydrogen) atoms. The number of non-ortho nitro benzene ring substituents is 1. The van der Waals surface area contributed by atoms with Gasteiger partial charge in [0.15, 0.2) is 5.76 Å². The number of nitrogens with zero attached hydrogens (tertiary/aromatic N) is 1. The van der Waals surface area contributed by atoms with Crippen LogP contribution < -0.4 is 10.2 Å². The number of amides is 1. The molecule has 7 nitrogen and oxygen atoms in total. The van der Waals surface area contributed by atoms with Gasteiger partial charge < -0.3 is 14.6 Å². The number of nitrogens with one attached hydrogen (secondary N) is 2. The molecule has 2 aromatic carbocycles. The second kappa shape index (κ2) is 8.89. The molecule has 8 heteroatoms. The fourth-order valence-corrected chi connectivity index (χ4v) is 3.24. The molecule has 0 atom stereocenters. The van der Waals surface area contributed by atoms with Crippen molar-refractivity contribution in [1.29, 1.82) is 0 Å². The minimum Gasteiger partial charge on any atom is -0.451 e. The number of carbonyl (C=O) groups excluding carboxylic acids is 1. The predicted molar refractivity (Wildman–Crippen MR) is 110 cm³/mol. The van der Waals surface area contributed by atoms with Gasteiger partial charge in [-0.25, -0.2) is 0 Å². The maximum Gasteiger partial charge on any atom is 0.287 e. The van der Waals surface area contributed by atoms with E-state index in [0.717, 1.165) is 12.1 Å². The summed E-state index contributed by atoms with van der Waals surface area (Å²) in [5, 5.41) is 13.9. The van der Waals surface area contributed by atoms with Crippen molar-refractivity contribution in [3.63, 3.8) is 0 Å². The molecule has 1 aromatic heterocycles. The summed E-state index contributed by atoms with van der Waals surface area (Å²) in [5.74, 6) is 0.165. The van der Waals surface area contributed by atoms with E-state index in [0.29, 0.717) is 17.9 Å². The Kier molecular flexibility index (Phi) is 6.31. The van der Waals surface area contributed by atoms with Crippen molar-refractivity contribution >= 4 is 23.2 Å². The Balaban J connectivity index is 1.71. The third kappa shape index (κ3) is 5.01. The summed E-state index contributed by atoms with van der Waals surface area (Å²) in [6.45, 7) is 1.24. The highest BCUT2D eigenvalue weighted by molar-refractivity contribution is 6.33. The third-order valence-corrected chi connectivity index (χ3v) is 4.67.